The van der Waals surface area contributed by atoms with Gasteiger partial charge in [0.2, 0.25) is 0 Å². The summed E-state index contributed by atoms with van der Waals surface area (Å²) < 4.78 is 67.0. The van der Waals surface area contributed by atoms with Crippen molar-refractivity contribution in [2.75, 3.05) is 0 Å². The summed E-state index contributed by atoms with van der Waals surface area (Å²) in [5.41, 5.74) is 0.490. The molecule has 0 bridgehead atoms. The summed E-state index contributed by atoms with van der Waals surface area (Å²) in [6.07, 6.45) is 0. The van der Waals surface area contributed by atoms with Crippen LogP contribution in [0.25, 0.3) is 0 Å². The maximum atomic E-state index is 13.7. The molecule has 21 heavy (non-hydrogen) atoms. The highest BCUT2D eigenvalue weighted by atomic mass is 35.7. The van der Waals surface area contributed by atoms with Crippen molar-refractivity contribution in [2.24, 2.45) is 0 Å². The number of hydrogen-bond donors (Lipinski definition) is 0. The van der Waals surface area contributed by atoms with E-state index in [0.717, 1.165) is 0 Å². The summed E-state index contributed by atoms with van der Waals surface area (Å²) in [7, 11) is 0.764. The minimum absolute atomic E-state index is 0.207. The molecule has 0 aliphatic carbocycles. The van der Waals surface area contributed by atoms with E-state index in [1.165, 1.54) is 24.3 Å². The van der Waals surface area contributed by atoms with Crippen LogP contribution in [0, 0.1) is 17.5 Å². The lowest BCUT2D eigenvalue weighted by atomic mass is 10.2. The molecule has 3 nitrogen and oxygen atoms in total. The van der Waals surface area contributed by atoms with Gasteiger partial charge in [-0.25, -0.2) is 21.6 Å². The molecular formula is C13H8ClF3O3S. The molecule has 0 amide bonds. The van der Waals surface area contributed by atoms with Crippen LogP contribution in [-0.4, -0.2) is 8.42 Å². The van der Waals surface area contributed by atoms with Gasteiger partial charge >= 0.3 is 0 Å². The van der Waals surface area contributed by atoms with Gasteiger partial charge in [0.15, 0.2) is 17.4 Å². The zero-order valence-corrected chi connectivity index (χ0v) is 11.9. The molecule has 0 aliphatic heterocycles. The largest absolute Gasteiger partial charge is 0.483 e. The number of rotatable bonds is 4. The lowest BCUT2D eigenvalue weighted by Crippen LogP contribution is -2.02. The van der Waals surface area contributed by atoms with E-state index in [2.05, 4.69) is 0 Å². The predicted octanol–water partition coefficient (Wildman–Crippen LogP) is 3.61. The lowest BCUT2D eigenvalue weighted by molar-refractivity contribution is 0.273. The topological polar surface area (TPSA) is 43.4 Å². The van der Waals surface area contributed by atoms with Crippen LogP contribution in [0.2, 0.25) is 0 Å². The van der Waals surface area contributed by atoms with Gasteiger partial charge < -0.3 is 4.74 Å². The van der Waals surface area contributed by atoms with Crippen molar-refractivity contribution in [3.05, 3.63) is 59.4 Å². The van der Waals surface area contributed by atoms with Gasteiger partial charge in [-0.2, -0.15) is 0 Å². The summed E-state index contributed by atoms with van der Waals surface area (Å²) >= 11 is 0. The van der Waals surface area contributed by atoms with Crippen molar-refractivity contribution < 1.29 is 26.3 Å². The third-order valence-corrected chi connectivity index (χ3v) is 3.88. The van der Waals surface area contributed by atoms with E-state index in [0.29, 0.717) is 17.7 Å². The van der Waals surface area contributed by atoms with Gasteiger partial charge in [0.25, 0.3) is 9.05 Å². The van der Waals surface area contributed by atoms with Crippen LogP contribution in [0.3, 0.4) is 0 Å². The Morgan fingerprint density at radius 2 is 1.52 bits per heavy atom. The molecule has 2 rings (SSSR count). The van der Waals surface area contributed by atoms with Crippen LogP contribution in [0.1, 0.15) is 5.56 Å². The van der Waals surface area contributed by atoms with E-state index in [1.54, 1.807) is 0 Å². The number of ether oxygens (including phenoxy) is 1. The van der Waals surface area contributed by atoms with E-state index < -0.39 is 37.1 Å². The average Bonchev–Trinajstić information content (AvgIpc) is 2.38. The monoisotopic (exact) mass is 336 g/mol. The highest BCUT2D eigenvalue weighted by Gasteiger charge is 2.19. The third-order valence-electron chi connectivity index (χ3n) is 2.55. The van der Waals surface area contributed by atoms with Crippen molar-refractivity contribution in [3.8, 4) is 5.75 Å². The minimum Gasteiger partial charge on any atom is -0.483 e. The first kappa shape index (κ1) is 15.7. The van der Waals surface area contributed by atoms with Crippen molar-refractivity contribution in [3.63, 3.8) is 0 Å². The fourth-order valence-corrected chi connectivity index (χ4v) is 2.31. The summed E-state index contributed by atoms with van der Waals surface area (Å²) in [6.45, 7) is -0.207. The Labute approximate surface area is 123 Å². The molecule has 0 fully saturated rings. The molecule has 0 spiro atoms. The third kappa shape index (κ3) is 3.89. The van der Waals surface area contributed by atoms with Crippen LogP contribution in [0.15, 0.2) is 41.3 Å². The maximum absolute atomic E-state index is 13.7. The molecule has 2 aromatic rings. The van der Waals surface area contributed by atoms with Gasteiger partial charge in [0, 0.05) is 10.7 Å². The van der Waals surface area contributed by atoms with Crippen LogP contribution in [0.5, 0.6) is 5.75 Å². The van der Waals surface area contributed by atoms with Crippen molar-refractivity contribution in [2.45, 2.75) is 11.5 Å². The molecule has 0 radical (unpaired) electrons. The van der Waals surface area contributed by atoms with Crippen LogP contribution < -0.4 is 4.74 Å². The van der Waals surface area contributed by atoms with Crippen molar-refractivity contribution in [1.82, 2.24) is 0 Å². The smallest absolute Gasteiger partial charge is 0.261 e. The van der Waals surface area contributed by atoms with Crippen LogP contribution in [-0.2, 0) is 15.7 Å². The highest BCUT2D eigenvalue weighted by molar-refractivity contribution is 8.13. The highest BCUT2D eigenvalue weighted by Crippen LogP contribution is 2.27. The molecule has 0 saturated heterocycles. The summed E-state index contributed by atoms with van der Waals surface area (Å²) in [5.74, 6) is -3.58. The van der Waals surface area contributed by atoms with E-state index in [9.17, 15) is 21.6 Å². The fraction of sp³-hybridized carbons (Fsp3) is 0.0769. The van der Waals surface area contributed by atoms with Gasteiger partial charge in [0.1, 0.15) is 12.4 Å². The Kier molecular flexibility index (Phi) is 4.43. The predicted molar refractivity (Wildman–Crippen MR) is 70.1 cm³/mol. The zero-order chi connectivity index (χ0) is 15.6. The quantitative estimate of drug-likeness (QED) is 0.801. The molecule has 0 heterocycles. The maximum Gasteiger partial charge on any atom is 0.261 e. The van der Waals surface area contributed by atoms with Gasteiger partial charge in [-0.3, -0.25) is 0 Å². The summed E-state index contributed by atoms with van der Waals surface area (Å²) in [5, 5.41) is 0. The zero-order valence-electron chi connectivity index (χ0n) is 10.3. The second-order valence-corrected chi connectivity index (χ2v) is 6.63. The fourth-order valence-electron chi connectivity index (χ4n) is 1.55. The Morgan fingerprint density at radius 3 is 2.00 bits per heavy atom. The molecule has 0 saturated carbocycles. The number of hydrogen-bond acceptors (Lipinski definition) is 3. The molecule has 0 aromatic heterocycles. The second kappa shape index (κ2) is 5.95. The first-order valence-corrected chi connectivity index (χ1v) is 7.89. The number of benzene rings is 2. The first-order chi connectivity index (χ1) is 9.77. The van der Waals surface area contributed by atoms with E-state index in [1.807, 2.05) is 0 Å². The van der Waals surface area contributed by atoms with Gasteiger partial charge in [-0.15, -0.1) is 0 Å². The molecule has 8 heteroatoms. The Balaban J connectivity index is 2.23. The Hall–Kier alpha value is -1.73. The molecule has 0 N–H and O–H groups in total. The molecule has 0 unspecified atom stereocenters. The van der Waals surface area contributed by atoms with Crippen molar-refractivity contribution in [1.29, 1.82) is 0 Å². The summed E-state index contributed by atoms with van der Waals surface area (Å²) in [6, 6.07) is 6.26. The SMILES string of the molecule is O=S(=O)(Cl)c1cc(F)c(OCc2ccc(F)cc2)c(F)c1. The first-order valence-electron chi connectivity index (χ1n) is 5.58. The van der Waals surface area contributed by atoms with Gasteiger partial charge in [0.05, 0.1) is 4.90 Å². The minimum atomic E-state index is -4.24. The second-order valence-electron chi connectivity index (χ2n) is 4.07. The summed E-state index contributed by atoms with van der Waals surface area (Å²) in [4.78, 5) is -0.701. The molecule has 112 valence electrons. The normalized spacial score (nSPS) is 11.4. The average molecular weight is 337 g/mol. The standard InChI is InChI=1S/C13H8ClF3O3S/c14-21(18,19)10-5-11(16)13(12(17)6-10)20-7-8-1-3-9(15)4-2-8/h1-6H,7H2. The van der Waals surface area contributed by atoms with Gasteiger partial charge in [-0.1, -0.05) is 12.1 Å². The molecular weight excluding hydrogens is 329 g/mol. The van der Waals surface area contributed by atoms with Crippen LogP contribution >= 0.6 is 10.7 Å². The molecule has 0 aliphatic rings. The van der Waals surface area contributed by atoms with Crippen molar-refractivity contribution >= 4 is 19.7 Å². The van der Waals surface area contributed by atoms with E-state index in [4.69, 9.17) is 15.4 Å². The van der Waals surface area contributed by atoms with Crippen LogP contribution in [0.4, 0.5) is 13.2 Å². The Bertz CT molecular complexity index is 738. The number of halogens is 4. The van der Waals surface area contributed by atoms with E-state index >= 15 is 0 Å². The lowest BCUT2D eigenvalue weighted by Gasteiger charge is -2.09. The Morgan fingerprint density at radius 1 is 1.00 bits per heavy atom. The molecule has 2 aromatic carbocycles. The van der Waals surface area contributed by atoms with E-state index in [-0.39, 0.29) is 6.61 Å². The van der Waals surface area contributed by atoms with Gasteiger partial charge in [-0.05, 0) is 29.8 Å². The molecule has 0 atom stereocenters.